The minimum Gasteiger partial charge on any atom is -0.358 e. The standard InChI is InChI=1S/C21H29N3O/c1-24(2)16-9-11-20-18(13-16)17-12-15(8-10-19(17)23-20)22-21(25)14-6-4-3-5-7-14/h8,10,12,14,16,23H,3-7,9,11,13H2,1-2H3,(H,22,25). The van der Waals surface area contributed by atoms with Crippen LogP contribution in [-0.2, 0) is 17.6 Å². The fourth-order valence-corrected chi connectivity index (χ4v) is 4.53. The third kappa shape index (κ3) is 3.32. The van der Waals surface area contributed by atoms with Gasteiger partial charge in [0, 0.05) is 34.2 Å². The van der Waals surface area contributed by atoms with Crippen LogP contribution in [0, 0.1) is 5.92 Å². The molecule has 4 heteroatoms. The summed E-state index contributed by atoms with van der Waals surface area (Å²) in [6, 6.07) is 6.93. The minimum atomic E-state index is 0.197. The predicted octanol–water partition coefficient (Wildman–Crippen LogP) is 4.11. The van der Waals surface area contributed by atoms with Crippen LogP contribution in [0.25, 0.3) is 10.9 Å². The van der Waals surface area contributed by atoms with Gasteiger partial charge < -0.3 is 15.2 Å². The molecule has 25 heavy (non-hydrogen) atoms. The molecule has 2 aliphatic carbocycles. The fraction of sp³-hybridized carbons (Fsp3) is 0.571. The van der Waals surface area contributed by atoms with Crippen LogP contribution in [0.2, 0.25) is 0 Å². The average molecular weight is 339 g/mol. The Bertz CT molecular complexity index is 771. The van der Waals surface area contributed by atoms with Crippen molar-refractivity contribution in [2.45, 2.75) is 57.4 Å². The summed E-state index contributed by atoms with van der Waals surface area (Å²) in [5.74, 6) is 0.400. The smallest absolute Gasteiger partial charge is 0.227 e. The molecule has 1 fully saturated rings. The van der Waals surface area contributed by atoms with E-state index in [2.05, 4.69) is 41.4 Å². The second-order valence-electron chi connectivity index (χ2n) is 8.03. The maximum Gasteiger partial charge on any atom is 0.227 e. The number of fused-ring (bicyclic) bond motifs is 3. The molecule has 2 N–H and O–H groups in total. The van der Waals surface area contributed by atoms with Crippen LogP contribution in [0.15, 0.2) is 18.2 Å². The number of likely N-dealkylation sites (N-methyl/N-ethyl adjacent to an activating group) is 1. The summed E-state index contributed by atoms with van der Waals surface area (Å²) in [4.78, 5) is 18.5. The number of benzene rings is 1. The number of nitrogens with zero attached hydrogens (tertiary/aromatic N) is 1. The van der Waals surface area contributed by atoms with Gasteiger partial charge in [-0.2, -0.15) is 0 Å². The molecule has 134 valence electrons. The molecule has 1 amide bonds. The van der Waals surface area contributed by atoms with Crippen molar-refractivity contribution in [3.8, 4) is 0 Å². The summed E-state index contributed by atoms with van der Waals surface area (Å²) in [5.41, 5.74) is 4.95. The van der Waals surface area contributed by atoms with Gasteiger partial charge in [0.05, 0.1) is 0 Å². The third-order valence-electron chi connectivity index (χ3n) is 6.14. The summed E-state index contributed by atoms with van der Waals surface area (Å²) in [5, 5.41) is 4.45. The van der Waals surface area contributed by atoms with Crippen LogP contribution in [0.1, 0.15) is 49.8 Å². The summed E-state index contributed by atoms with van der Waals surface area (Å²) >= 11 is 0. The van der Waals surface area contributed by atoms with Crippen molar-refractivity contribution in [1.29, 1.82) is 0 Å². The molecule has 0 radical (unpaired) electrons. The maximum atomic E-state index is 12.5. The predicted molar refractivity (Wildman–Crippen MR) is 103 cm³/mol. The summed E-state index contributed by atoms with van der Waals surface area (Å²) in [7, 11) is 4.33. The minimum absolute atomic E-state index is 0.197. The van der Waals surface area contributed by atoms with Gasteiger partial charge in [-0.1, -0.05) is 19.3 Å². The van der Waals surface area contributed by atoms with Crippen LogP contribution in [0.3, 0.4) is 0 Å². The number of amides is 1. The molecule has 1 aromatic heterocycles. The van der Waals surface area contributed by atoms with E-state index in [1.165, 1.54) is 47.8 Å². The van der Waals surface area contributed by atoms with Gasteiger partial charge in [0.15, 0.2) is 0 Å². The van der Waals surface area contributed by atoms with Gasteiger partial charge in [-0.3, -0.25) is 4.79 Å². The molecular formula is C21H29N3O. The summed E-state index contributed by atoms with van der Waals surface area (Å²) < 4.78 is 0. The first kappa shape index (κ1) is 16.6. The normalized spacial score (nSPS) is 21.5. The van der Waals surface area contributed by atoms with Crippen LogP contribution >= 0.6 is 0 Å². The number of carbonyl (C=O) groups excluding carboxylic acids is 1. The van der Waals surface area contributed by atoms with Crippen molar-refractivity contribution in [2.75, 3.05) is 19.4 Å². The first-order chi connectivity index (χ1) is 12.1. The highest BCUT2D eigenvalue weighted by Gasteiger charge is 2.24. The van der Waals surface area contributed by atoms with Crippen molar-refractivity contribution < 1.29 is 4.79 Å². The highest BCUT2D eigenvalue weighted by atomic mass is 16.1. The largest absolute Gasteiger partial charge is 0.358 e. The summed E-state index contributed by atoms with van der Waals surface area (Å²) in [6.07, 6.45) is 9.13. The zero-order valence-corrected chi connectivity index (χ0v) is 15.4. The highest BCUT2D eigenvalue weighted by Crippen LogP contribution is 2.32. The third-order valence-corrected chi connectivity index (χ3v) is 6.14. The van der Waals surface area contributed by atoms with E-state index < -0.39 is 0 Å². The van der Waals surface area contributed by atoms with Crippen molar-refractivity contribution in [1.82, 2.24) is 9.88 Å². The van der Waals surface area contributed by atoms with Crippen molar-refractivity contribution in [3.05, 3.63) is 29.5 Å². The van der Waals surface area contributed by atoms with Gasteiger partial charge in [-0.15, -0.1) is 0 Å². The summed E-state index contributed by atoms with van der Waals surface area (Å²) in [6.45, 7) is 0. The molecule has 4 rings (SSSR count). The van der Waals surface area contributed by atoms with Crippen LogP contribution in [0.5, 0.6) is 0 Å². The Kier molecular flexibility index (Phi) is 4.55. The molecule has 2 aromatic rings. The topological polar surface area (TPSA) is 48.1 Å². The molecule has 1 aromatic carbocycles. The van der Waals surface area contributed by atoms with Crippen LogP contribution < -0.4 is 5.32 Å². The first-order valence-electron chi connectivity index (χ1n) is 9.72. The fourth-order valence-electron chi connectivity index (χ4n) is 4.53. The maximum absolute atomic E-state index is 12.5. The second-order valence-corrected chi connectivity index (χ2v) is 8.03. The van der Waals surface area contributed by atoms with Crippen molar-refractivity contribution in [3.63, 3.8) is 0 Å². The Morgan fingerprint density at radius 3 is 2.72 bits per heavy atom. The van der Waals surface area contributed by atoms with Gasteiger partial charge in [0.25, 0.3) is 0 Å². The molecule has 1 saturated carbocycles. The molecule has 1 unspecified atom stereocenters. The van der Waals surface area contributed by atoms with Gasteiger partial charge in [-0.05, 0) is 70.0 Å². The number of H-pyrrole nitrogens is 1. The molecule has 1 atom stereocenters. The van der Waals surface area contributed by atoms with E-state index in [1.54, 1.807) is 0 Å². The quantitative estimate of drug-likeness (QED) is 0.884. The van der Waals surface area contributed by atoms with E-state index in [-0.39, 0.29) is 11.8 Å². The number of aryl methyl sites for hydroxylation is 1. The zero-order chi connectivity index (χ0) is 17.4. The van der Waals surface area contributed by atoms with E-state index in [0.717, 1.165) is 31.4 Å². The number of carbonyl (C=O) groups is 1. The Labute approximate surface area is 150 Å². The van der Waals surface area contributed by atoms with Gasteiger partial charge in [0.2, 0.25) is 5.91 Å². The lowest BCUT2D eigenvalue weighted by molar-refractivity contribution is -0.120. The van der Waals surface area contributed by atoms with E-state index in [9.17, 15) is 4.79 Å². The van der Waals surface area contributed by atoms with Crippen molar-refractivity contribution in [2.24, 2.45) is 5.92 Å². The van der Waals surface area contributed by atoms with E-state index >= 15 is 0 Å². The number of aromatic amines is 1. The van der Waals surface area contributed by atoms with Crippen molar-refractivity contribution >= 4 is 22.5 Å². The first-order valence-corrected chi connectivity index (χ1v) is 9.72. The lowest BCUT2D eigenvalue weighted by atomic mass is 9.88. The Morgan fingerprint density at radius 2 is 1.96 bits per heavy atom. The Hall–Kier alpha value is -1.81. The number of rotatable bonds is 3. The second kappa shape index (κ2) is 6.83. The van der Waals surface area contributed by atoms with E-state index in [0.29, 0.717) is 6.04 Å². The van der Waals surface area contributed by atoms with Gasteiger partial charge in [0.1, 0.15) is 0 Å². The number of hydrogen-bond acceptors (Lipinski definition) is 2. The number of anilines is 1. The number of aromatic nitrogens is 1. The Morgan fingerprint density at radius 1 is 1.16 bits per heavy atom. The Balaban J connectivity index is 1.57. The number of nitrogens with one attached hydrogen (secondary N) is 2. The number of hydrogen-bond donors (Lipinski definition) is 2. The lowest BCUT2D eigenvalue weighted by Gasteiger charge is -2.28. The molecule has 0 bridgehead atoms. The van der Waals surface area contributed by atoms with E-state index in [4.69, 9.17) is 0 Å². The van der Waals surface area contributed by atoms with Crippen LogP contribution in [0.4, 0.5) is 5.69 Å². The highest BCUT2D eigenvalue weighted by molar-refractivity contribution is 5.96. The molecular weight excluding hydrogens is 310 g/mol. The van der Waals surface area contributed by atoms with Gasteiger partial charge >= 0.3 is 0 Å². The van der Waals surface area contributed by atoms with Crippen LogP contribution in [-0.4, -0.2) is 35.9 Å². The lowest BCUT2D eigenvalue weighted by Crippen LogP contribution is -2.33. The molecule has 1 heterocycles. The molecule has 4 nitrogen and oxygen atoms in total. The molecule has 0 spiro atoms. The van der Waals surface area contributed by atoms with Gasteiger partial charge in [-0.25, -0.2) is 0 Å². The van der Waals surface area contributed by atoms with E-state index in [1.807, 2.05) is 6.07 Å². The monoisotopic (exact) mass is 339 g/mol. The SMILES string of the molecule is CN(C)C1CCc2[nH]c3ccc(NC(=O)C4CCCCC4)cc3c2C1. The molecule has 0 saturated heterocycles. The zero-order valence-electron chi connectivity index (χ0n) is 15.4. The average Bonchev–Trinajstić information content (AvgIpc) is 2.99. The molecule has 0 aliphatic heterocycles. The molecule has 2 aliphatic rings.